The Bertz CT molecular complexity index is 515. The molecule has 0 aromatic heterocycles. The van der Waals surface area contributed by atoms with Crippen LogP contribution < -0.4 is 5.32 Å². The summed E-state index contributed by atoms with van der Waals surface area (Å²) >= 11 is 0. The first-order chi connectivity index (χ1) is 10.6. The topological polar surface area (TPSA) is 49.3 Å². The Morgan fingerprint density at radius 3 is 2.48 bits per heavy atom. The zero-order valence-electron chi connectivity index (χ0n) is 13.7. The summed E-state index contributed by atoms with van der Waals surface area (Å²) in [5, 5.41) is 12.3. The number of aliphatic hydroxyl groups excluding tert-OH is 1. The zero-order valence-corrected chi connectivity index (χ0v) is 13.7. The van der Waals surface area contributed by atoms with Crippen molar-refractivity contribution in [3.8, 4) is 0 Å². The molecule has 0 saturated heterocycles. The third kappa shape index (κ3) is 6.60. The van der Waals surface area contributed by atoms with E-state index in [1.165, 1.54) is 6.07 Å². The van der Waals surface area contributed by atoms with Gasteiger partial charge in [-0.1, -0.05) is 39.0 Å². The van der Waals surface area contributed by atoms with Gasteiger partial charge in [-0.3, -0.25) is 4.79 Å². The molecule has 0 aliphatic rings. The van der Waals surface area contributed by atoms with E-state index in [-0.39, 0.29) is 24.2 Å². The van der Waals surface area contributed by atoms with Crippen molar-refractivity contribution < 1.29 is 23.1 Å². The molecular weight excluding hydrogens is 307 g/mol. The molecule has 0 aliphatic carbocycles. The van der Waals surface area contributed by atoms with Crippen LogP contribution in [-0.2, 0) is 11.0 Å². The van der Waals surface area contributed by atoms with Crippen molar-refractivity contribution >= 4 is 5.91 Å². The number of hydrogen-bond donors (Lipinski definition) is 2. The molecule has 1 rings (SSSR count). The lowest BCUT2D eigenvalue weighted by Gasteiger charge is -2.16. The van der Waals surface area contributed by atoms with Crippen molar-refractivity contribution in [2.45, 2.75) is 51.8 Å². The molecule has 1 aromatic rings. The van der Waals surface area contributed by atoms with Crippen LogP contribution in [0.1, 0.15) is 50.7 Å². The Labute approximate surface area is 134 Å². The van der Waals surface area contributed by atoms with Gasteiger partial charge in [-0.2, -0.15) is 13.2 Å². The van der Waals surface area contributed by atoms with E-state index in [9.17, 15) is 23.1 Å². The van der Waals surface area contributed by atoms with Crippen LogP contribution in [-0.4, -0.2) is 23.7 Å². The third-order valence-corrected chi connectivity index (χ3v) is 3.81. The van der Waals surface area contributed by atoms with E-state index >= 15 is 0 Å². The van der Waals surface area contributed by atoms with Crippen molar-refractivity contribution in [3.63, 3.8) is 0 Å². The monoisotopic (exact) mass is 331 g/mol. The van der Waals surface area contributed by atoms with Crippen LogP contribution in [0.3, 0.4) is 0 Å². The fourth-order valence-electron chi connectivity index (χ4n) is 2.18. The molecule has 2 N–H and O–H groups in total. The minimum absolute atomic E-state index is 0.110. The van der Waals surface area contributed by atoms with E-state index in [0.717, 1.165) is 12.1 Å². The van der Waals surface area contributed by atoms with Crippen molar-refractivity contribution in [2.75, 3.05) is 6.54 Å². The van der Waals surface area contributed by atoms with E-state index in [4.69, 9.17) is 0 Å². The predicted octanol–water partition coefficient (Wildman–Crippen LogP) is 3.72. The van der Waals surface area contributed by atoms with Gasteiger partial charge in [0, 0.05) is 13.0 Å². The number of aliphatic hydroxyl groups is 1. The smallest absolute Gasteiger partial charge is 0.393 e. The minimum Gasteiger partial charge on any atom is -0.393 e. The molecule has 0 aliphatic heterocycles. The Hall–Kier alpha value is -1.56. The third-order valence-electron chi connectivity index (χ3n) is 3.81. The summed E-state index contributed by atoms with van der Waals surface area (Å²) in [6, 6.07) is 5.05. The second-order valence-corrected chi connectivity index (χ2v) is 6.18. The fraction of sp³-hybridized carbons (Fsp3) is 0.588. The maximum atomic E-state index is 12.7. The van der Waals surface area contributed by atoms with Crippen LogP contribution in [0.4, 0.5) is 13.2 Å². The standard InChI is InChI=1S/C17H24F3NO2/c1-11(2)15(22)7-8-21-16(23)9-12(3)13-5-4-6-14(10-13)17(18,19)20/h4-6,10-12,15,22H,7-9H2,1-3H3,(H,21,23). The number of halogens is 3. The van der Waals surface area contributed by atoms with E-state index in [2.05, 4.69) is 5.32 Å². The molecular formula is C17H24F3NO2. The second kappa shape index (κ2) is 8.34. The van der Waals surface area contributed by atoms with Gasteiger partial charge in [0.2, 0.25) is 5.91 Å². The van der Waals surface area contributed by atoms with Gasteiger partial charge in [-0.25, -0.2) is 0 Å². The van der Waals surface area contributed by atoms with Crippen LogP contribution in [0.25, 0.3) is 0 Å². The predicted molar refractivity (Wildman–Crippen MR) is 82.9 cm³/mol. The maximum absolute atomic E-state index is 12.7. The normalized spacial score (nSPS) is 14.6. The van der Waals surface area contributed by atoms with Crippen molar-refractivity contribution in [1.82, 2.24) is 5.32 Å². The second-order valence-electron chi connectivity index (χ2n) is 6.18. The summed E-state index contributed by atoms with van der Waals surface area (Å²) in [5.74, 6) is -0.422. The summed E-state index contributed by atoms with van der Waals surface area (Å²) in [4.78, 5) is 11.8. The summed E-state index contributed by atoms with van der Waals surface area (Å²) in [6.07, 6.45) is -4.29. The first-order valence-electron chi connectivity index (χ1n) is 7.73. The molecule has 130 valence electrons. The van der Waals surface area contributed by atoms with E-state index in [1.807, 2.05) is 13.8 Å². The molecule has 1 amide bonds. The van der Waals surface area contributed by atoms with E-state index in [0.29, 0.717) is 18.5 Å². The number of amides is 1. The van der Waals surface area contributed by atoms with Gasteiger partial charge >= 0.3 is 6.18 Å². The SMILES string of the molecule is CC(CC(=O)NCCC(O)C(C)C)c1cccc(C(F)(F)F)c1. The van der Waals surface area contributed by atoms with Crippen LogP contribution in [0.15, 0.2) is 24.3 Å². The van der Waals surface area contributed by atoms with Crippen LogP contribution in [0, 0.1) is 5.92 Å². The van der Waals surface area contributed by atoms with E-state index in [1.54, 1.807) is 13.0 Å². The van der Waals surface area contributed by atoms with Crippen molar-refractivity contribution in [1.29, 1.82) is 0 Å². The molecule has 0 saturated carbocycles. The molecule has 2 atom stereocenters. The number of carbonyl (C=O) groups is 1. The fourth-order valence-corrected chi connectivity index (χ4v) is 2.18. The van der Waals surface area contributed by atoms with Gasteiger partial charge < -0.3 is 10.4 Å². The Balaban J connectivity index is 2.52. The molecule has 0 heterocycles. The van der Waals surface area contributed by atoms with Crippen LogP contribution in [0.5, 0.6) is 0 Å². The van der Waals surface area contributed by atoms with Gasteiger partial charge in [-0.05, 0) is 29.9 Å². The lowest BCUT2D eigenvalue weighted by atomic mass is 9.95. The molecule has 0 radical (unpaired) electrons. The van der Waals surface area contributed by atoms with Crippen LogP contribution >= 0.6 is 0 Å². The molecule has 0 bridgehead atoms. The average Bonchev–Trinajstić information content (AvgIpc) is 2.46. The number of benzene rings is 1. The highest BCUT2D eigenvalue weighted by molar-refractivity contribution is 5.76. The Morgan fingerprint density at radius 2 is 1.91 bits per heavy atom. The lowest BCUT2D eigenvalue weighted by Crippen LogP contribution is -2.29. The average molecular weight is 331 g/mol. The largest absolute Gasteiger partial charge is 0.416 e. The number of rotatable bonds is 7. The first kappa shape index (κ1) is 19.5. The maximum Gasteiger partial charge on any atom is 0.416 e. The van der Waals surface area contributed by atoms with Gasteiger partial charge in [0.05, 0.1) is 11.7 Å². The van der Waals surface area contributed by atoms with Crippen molar-refractivity contribution in [3.05, 3.63) is 35.4 Å². The number of hydrogen-bond acceptors (Lipinski definition) is 2. The highest BCUT2D eigenvalue weighted by Crippen LogP contribution is 2.31. The minimum atomic E-state index is -4.38. The summed E-state index contributed by atoms with van der Waals surface area (Å²) < 4.78 is 38.1. The lowest BCUT2D eigenvalue weighted by molar-refractivity contribution is -0.137. The number of carbonyl (C=O) groups excluding carboxylic acids is 1. The van der Waals surface area contributed by atoms with Gasteiger partial charge in [0.15, 0.2) is 0 Å². The van der Waals surface area contributed by atoms with Gasteiger partial charge in [-0.15, -0.1) is 0 Å². The van der Waals surface area contributed by atoms with Crippen LogP contribution in [0.2, 0.25) is 0 Å². The summed E-state index contributed by atoms with van der Waals surface area (Å²) in [7, 11) is 0. The van der Waals surface area contributed by atoms with Crippen molar-refractivity contribution in [2.24, 2.45) is 5.92 Å². The number of alkyl halides is 3. The Kier molecular flexibility index (Phi) is 7.06. The zero-order chi connectivity index (χ0) is 17.6. The number of nitrogens with one attached hydrogen (secondary N) is 1. The molecule has 6 heteroatoms. The molecule has 23 heavy (non-hydrogen) atoms. The van der Waals surface area contributed by atoms with E-state index < -0.39 is 17.8 Å². The molecule has 3 nitrogen and oxygen atoms in total. The summed E-state index contributed by atoms with van der Waals surface area (Å²) in [5.41, 5.74) is -0.223. The first-order valence-corrected chi connectivity index (χ1v) is 7.73. The summed E-state index contributed by atoms with van der Waals surface area (Å²) in [6.45, 7) is 5.86. The van der Waals surface area contributed by atoms with Gasteiger partial charge in [0.25, 0.3) is 0 Å². The molecule has 1 aromatic carbocycles. The highest BCUT2D eigenvalue weighted by atomic mass is 19.4. The van der Waals surface area contributed by atoms with Gasteiger partial charge in [0.1, 0.15) is 0 Å². The Morgan fingerprint density at radius 1 is 1.26 bits per heavy atom. The molecule has 2 unspecified atom stereocenters. The molecule has 0 fully saturated rings. The highest BCUT2D eigenvalue weighted by Gasteiger charge is 2.30. The quantitative estimate of drug-likeness (QED) is 0.800. The molecule has 0 spiro atoms.